The molecule has 0 saturated carbocycles. The number of amides is 1. The van der Waals surface area contributed by atoms with E-state index >= 15 is 0 Å². The zero-order valence-electron chi connectivity index (χ0n) is 11.8. The molecule has 0 saturated heterocycles. The van der Waals surface area contributed by atoms with Crippen molar-refractivity contribution in [1.29, 1.82) is 0 Å². The fourth-order valence-electron chi connectivity index (χ4n) is 2.69. The number of benzene rings is 2. The summed E-state index contributed by atoms with van der Waals surface area (Å²) in [4.78, 5) is 14.3. The predicted molar refractivity (Wildman–Crippen MR) is 77.8 cm³/mol. The van der Waals surface area contributed by atoms with E-state index < -0.39 is 0 Å². The lowest BCUT2D eigenvalue weighted by molar-refractivity contribution is 0.0725. The van der Waals surface area contributed by atoms with Crippen molar-refractivity contribution in [3.05, 3.63) is 65.0 Å². The van der Waals surface area contributed by atoms with Gasteiger partial charge in [0.15, 0.2) is 0 Å². The van der Waals surface area contributed by atoms with E-state index in [0.717, 1.165) is 23.3 Å². The van der Waals surface area contributed by atoms with Crippen molar-refractivity contribution in [2.75, 3.05) is 13.7 Å². The van der Waals surface area contributed by atoms with Gasteiger partial charge in [-0.15, -0.1) is 0 Å². The van der Waals surface area contributed by atoms with Gasteiger partial charge in [0, 0.05) is 24.2 Å². The highest BCUT2D eigenvalue weighted by atomic mass is 19.1. The van der Waals surface area contributed by atoms with Gasteiger partial charge in [-0.05, 0) is 36.2 Å². The summed E-state index contributed by atoms with van der Waals surface area (Å²) in [6, 6.07) is 11.8. The number of fused-ring (bicyclic) bond motifs is 1. The molecule has 3 rings (SSSR count). The van der Waals surface area contributed by atoms with Crippen molar-refractivity contribution in [3.8, 4) is 5.75 Å². The summed E-state index contributed by atoms with van der Waals surface area (Å²) < 4.78 is 18.2. The third kappa shape index (κ3) is 2.61. The molecule has 3 nitrogen and oxygen atoms in total. The molecule has 1 aliphatic heterocycles. The van der Waals surface area contributed by atoms with E-state index in [0.29, 0.717) is 18.7 Å². The molecule has 0 atom stereocenters. The van der Waals surface area contributed by atoms with E-state index in [4.69, 9.17) is 4.74 Å². The molecule has 4 heteroatoms. The summed E-state index contributed by atoms with van der Waals surface area (Å²) in [5.74, 6) is 0.501. The van der Waals surface area contributed by atoms with Crippen molar-refractivity contribution >= 4 is 5.91 Å². The second-order valence-corrected chi connectivity index (χ2v) is 5.09. The van der Waals surface area contributed by atoms with Gasteiger partial charge in [-0.25, -0.2) is 4.39 Å². The third-order valence-corrected chi connectivity index (χ3v) is 3.79. The lowest BCUT2D eigenvalue weighted by Gasteiger charge is -2.29. The lowest BCUT2D eigenvalue weighted by atomic mass is 9.97. The number of halogens is 1. The fraction of sp³-hybridized carbons (Fsp3) is 0.235. The van der Waals surface area contributed by atoms with E-state index in [1.54, 1.807) is 24.1 Å². The topological polar surface area (TPSA) is 29.5 Å². The summed E-state index contributed by atoms with van der Waals surface area (Å²) in [6.07, 6.45) is 0.770. The maximum absolute atomic E-state index is 12.9. The quantitative estimate of drug-likeness (QED) is 0.867. The molecule has 1 amide bonds. The molecule has 1 heterocycles. The number of rotatable bonds is 3. The Morgan fingerprint density at radius 1 is 1.19 bits per heavy atom. The van der Waals surface area contributed by atoms with Crippen LogP contribution in [0.3, 0.4) is 0 Å². The SMILES string of the molecule is COc1cccc2c1CCN(Cc1ccc(F)cc1)C2=O. The molecule has 0 spiro atoms. The van der Waals surface area contributed by atoms with E-state index in [9.17, 15) is 9.18 Å². The zero-order chi connectivity index (χ0) is 14.8. The molecule has 0 unspecified atom stereocenters. The first kappa shape index (κ1) is 13.6. The van der Waals surface area contributed by atoms with E-state index in [2.05, 4.69) is 0 Å². The Morgan fingerprint density at radius 2 is 1.95 bits per heavy atom. The fourth-order valence-corrected chi connectivity index (χ4v) is 2.69. The Kier molecular flexibility index (Phi) is 3.60. The Bertz CT molecular complexity index is 667. The van der Waals surface area contributed by atoms with Crippen molar-refractivity contribution < 1.29 is 13.9 Å². The standard InChI is InChI=1S/C17H16FNO2/c1-21-16-4-2-3-15-14(16)9-10-19(17(15)20)11-12-5-7-13(18)8-6-12/h2-8H,9-11H2,1H3. The summed E-state index contributed by atoms with van der Waals surface area (Å²) in [5, 5.41) is 0. The van der Waals surface area contributed by atoms with Crippen molar-refractivity contribution in [2.24, 2.45) is 0 Å². The number of hydrogen-bond donors (Lipinski definition) is 0. The number of carbonyl (C=O) groups is 1. The molecule has 2 aromatic rings. The van der Waals surface area contributed by atoms with Gasteiger partial charge < -0.3 is 9.64 Å². The van der Waals surface area contributed by atoms with E-state index in [1.807, 2.05) is 18.2 Å². The summed E-state index contributed by atoms with van der Waals surface area (Å²) in [5.41, 5.74) is 2.60. The van der Waals surface area contributed by atoms with Crippen LogP contribution in [0.2, 0.25) is 0 Å². The van der Waals surface area contributed by atoms with Crippen molar-refractivity contribution in [2.45, 2.75) is 13.0 Å². The highest BCUT2D eigenvalue weighted by Gasteiger charge is 2.26. The third-order valence-electron chi connectivity index (χ3n) is 3.79. The van der Waals surface area contributed by atoms with Crippen LogP contribution in [0.5, 0.6) is 5.75 Å². The normalized spacial score (nSPS) is 14.0. The summed E-state index contributed by atoms with van der Waals surface area (Å²) in [7, 11) is 1.62. The van der Waals surface area contributed by atoms with Gasteiger partial charge in [-0.3, -0.25) is 4.79 Å². The predicted octanol–water partition coefficient (Wildman–Crippen LogP) is 3.03. The molecular weight excluding hydrogens is 269 g/mol. The van der Waals surface area contributed by atoms with Crippen molar-refractivity contribution in [1.82, 2.24) is 4.90 Å². The molecular formula is C17H16FNO2. The van der Waals surface area contributed by atoms with Crippen LogP contribution in [0.25, 0.3) is 0 Å². The van der Waals surface area contributed by atoms with Crippen LogP contribution in [0.1, 0.15) is 21.5 Å². The van der Waals surface area contributed by atoms with Gasteiger partial charge in [0.1, 0.15) is 11.6 Å². The first-order valence-electron chi connectivity index (χ1n) is 6.88. The smallest absolute Gasteiger partial charge is 0.254 e. The molecule has 0 fully saturated rings. The molecule has 0 radical (unpaired) electrons. The molecule has 0 aliphatic carbocycles. The molecule has 21 heavy (non-hydrogen) atoms. The van der Waals surface area contributed by atoms with Gasteiger partial charge in [-0.2, -0.15) is 0 Å². The average Bonchev–Trinajstić information content (AvgIpc) is 2.51. The average molecular weight is 285 g/mol. The maximum Gasteiger partial charge on any atom is 0.254 e. The second kappa shape index (κ2) is 5.56. The van der Waals surface area contributed by atoms with Crippen LogP contribution in [0.15, 0.2) is 42.5 Å². The highest BCUT2D eigenvalue weighted by molar-refractivity contribution is 5.97. The van der Waals surface area contributed by atoms with Crippen LogP contribution in [0, 0.1) is 5.82 Å². The Hall–Kier alpha value is -2.36. The minimum Gasteiger partial charge on any atom is -0.496 e. The largest absolute Gasteiger partial charge is 0.496 e. The van der Waals surface area contributed by atoms with Gasteiger partial charge >= 0.3 is 0 Å². The molecule has 108 valence electrons. The minimum atomic E-state index is -0.265. The van der Waals surface area contributed by atoms with Crippen LogP contribution in [0.4, 0.5) is 4.39 Å². The van der Waals surface area contributed by atoms with Crippen molar-refractivity contribution in [3.63, 3.8) is 0 Å². The monoisotopic (exact) mass is 285 g/mol. The number of carbonyl (C=O) groups excluding carboxylic acids is 1. The second-order valence-electron chi connectivity index (χ2n) is 5.09. The lowest BCUT2D eigenvalue weighted by Crippen LogP contribution is -2.37. The molecule has 1 aliphatic rings. The summed E-state index contributed by atoms with van der Waals surface area (Å²) in [6.45, 7) is 1.14. The van der Waals surface area contributed by atoms with Crippen LogP contribution >= 0.6 is 0 Å². The Morgan fingerprint density at radius 3 is 2.67 bits per heavy atom. The summed E-state index contributed by atoms with van der Waals surface area (Å²) >= 11 is 0. The number of methoxy groups -OCH3 is 1. The Balaban J connectivity index is 1.84. The van der Waals surface area contributed by atoms with E-state index in [-0.39, 0.29) is 11.7 Å². The molecule has 0 N–H and O–H groups in total. The van der Waals surface area contributed by atoms with Crippen LogP contribution in [-0.4, -0.2) is 24.5 Å². The molecule has 0 bridgehead atoms. The number of ether oxygens (including phenoxy) is 1. The van der Waals surface area contributed by atoms with Gasteiger partial charge in [0.2, 0.25) is 0 Å². The zero-order valence-corrected chi connectivity index (χ0v) is 11.8. The number of nitrogens with zero attached hydrogens (tertiary/aromatic N) is 1. The van der Waals surface area contributed by atoms with Crippen LogP contribution < -0.4 is 4.74 Å². The maximum atomic E-state index is 12.9. The minimum absolute atomic E-state index is 0.000486. The first-order chi connectivity index (χ1) is 10.2. The van der Waals surface area contributed by atoms with Gasteiger partial charge in [0.25, 0.3) is 5.91 Å². The van der Waals surface area contributed by atoms with Gasteiger partial charge in [0.05, 0.1) is 7.11 Å². The van der Waals surface area contributed by atoms with E-state index in [1.165, 1.54) is 12.1 Å². The molecule has 0 aromatic heterocycles. The Labute approximate surface area is 123 Å². The van der Waals surface area contributed by atoms with Crippen LogP contribution in [-0.2, 0) is 13.0 Å². The first-order valence-corrected chi connectivity index (χ1v) is 6.88. The van der Waals surface area contributed by atoms with Gasteiger partial charge in [-0.1, -0.05) is 18.2 Å². The number of hydrogen-bond acceptors (Lipinski definition) is 2. The highest BCUT2D eigenvalue weighted by Crippen LogP contribution is 2.28. The molecule has 2 aromatic carbocycles.